The van der Waals surface area contributed by atoms with Crippen molar-refractivity contribution in [2.45, 2.75) is 6.92 Å². The molecule has 0 unspecified atom stereocenters. The van der Waals surface area contributed by atoms with E-state index in [2.05, 4.69) is 4.89 Å². The monoisotopic (exact) mass is 264 g/mol. The molecule has 5 nitrogen and oxygen atoms in total. The number of hydrogen-bond acceptors (Lipinski definition) is 5. The Morgan fingerprint density at radius 1 is 0.842 bits per heavy atom. The fourth-order valence-electron chi connectivity index (χ4n) is 0.856. The van der Waals surface area contributed by atoms with Crippen LogP contribution in [0.3, 0.4) is 0 Å². The SMILES string of the molecule is CC(=O)OO.Oc1ccccc1.Oc1ccccc1. The summed E-state index contributed by atoms with van der Waals surface area (Å²) in [6.45, 7) is 1.11. The predicted octanol–water partition coefficient (Wildman–Crippen LogP) is 2.81. The fraction of sp³-hybridized carbons (Fsp3) is 0.0714. The van der Waals surface area contributed by atoms with Gasteiger partial charge in [0.1, 0.15) is 11.5 Å². The van der Waals surface area contributed by atoms with E-state index in [9.17, 15) is 4.79 Å². The van der Waals surface area contributed by atoms with Crippen LogP contribution in [0.5, 0.6) is 11.5 Å². The lowest BCUT2D eigenvalue weighted by atomic mass is 10.3. The van der Waals surface area contributed by atoms with Crippen LogP contribution < -0.4 is 0 Å². The van der Waals surface area contributed by atoms with Crippen molar-refractivity contribution in [3.63, 3.8) is 0 Å². The van der Waals surface area contributed by atoms with Gasteiger partial charge in [-0.3, -0.25) is 0 Å². The number of aromatic hydroxyl groups is 2. The van der Waals surface area contributed by atoms with E-state index in [1.165, 1.54) is 0 Å². The van der Waals surface area contributed by atoms with E-state index in [0.717, 1.165) is 6.92 Å². The Balaban J connectivity index is 0.000000261. The number of benzene rings is 2. The molecule has 0 aliphatic rings. The molecule has 3 N–H and O–H groups in total. The Morgan fingerprint density at radius 2 is 1.11 bits per heavy atom. The second kappa shape index (κ2) is 10.6. The number of carbonyl (C=O) groups excluding carboxylic acids is 1. The lowest BCUT2D eigenvalue weighted by Crippen LogP contribution is -1.89. The van der Waals surface area contributed by atoms with E-state index in [1.54, 1.807) is 48.5 Å². The highest BCUT2D eigenvalue weighted by molar-refractivity contribution is 5.64. The maximum absolute atomic E-state index is 9.34. The van der Waals surface area contributed by atoms with Gasteiger partial charge in [0.2, 0.25) is 0 Å². The van der Waals surface area contributed by atoms with Crippen molar-refractivity contribution < 1.29 is 25.2 Å². The first-order valence-corrected chi connectivity index (χ1v) is 5.36. The van der Waals surface area contributed by atoms with Gasteiger partial charge in [0, 0.05) is 6.92 Å². The Morgan fingerprint density at radius 3 is 1.21 bits per heavy atom. The second-order valence-electron chi connectivity index (χ2n) is 3.25. The normalized spacial score (nSPS) is 8.11. The van der Waals surface area contributed by atoms with Gasteiger partial charge in [-0.25, -0.2) is 4.79 Å². The lowest BCUT2D eigenvalue weighted by Gasteiger charge is -1.82. The standard InChI is InChI=1S/2C6H6O.C2H4O3/c2*7-6-4-2-1-3-5-6;1-2(3)5-4/h2*1-5,7H;4H,1H3. The van der Waals surface area contributed by atoms with Crippen molar-refractivity contribution in [1.29, 1.82) is 0 Å². The highest BCUT2D eigenvalue weighted by Crippen LogP contribution is 2.03. The van der Waals surface area contributed by atoms with E-state index in [4.69, 9.17) is 15.5 Å². The van der Waals surface area contributed by atoms with Crippen molar-refractivity contribution >= 4 is 5.97 Å². The molecule has 0 spiro atoms. The molecule has 0 atom stereocenters. The Bertz CT molecular complexity index is 404. The molecule has 2 rings (SSSR count). The quantitative estimate of drug-likeness (QED) is 0.503. The Hall–Kier alpha value is -2.53. The van der Waals surface area contributed by atoms with Crippen LogP contribution >= 0.6 is 0 Å². The minimum Gasteiger partial charge on any atom is -0.508 e. The zero-order valence-corrected chi connectivity index (χ0v) is 10.4. The van der Waals surface area contributed by atoms with Gasteiger partial charge in [-0.1, -0.05) is 36.4 Å². The van der Waals surface area contributed by atoms with Gasteiger partial charge < -0.3 is 15.1 Å². The highest BCUT2D eigenvalue weighted by atomic mass is 17.1. The number of carbonyl (C=O) groups is 1. The van der Waals surface area contributed by atoms with Crippen LogP contribution in [0.25, 0.3) is 0 Å². The van der Waals surface area contributed by atoms with Gasteiger partial charge in [0.05, 0.1) is 0 Å². The maximum atomic E-state index is 9.34. The van der Waals surface area contributed by atoms with Crippen molar-refractivity contribution in [2.75, 3.05) is 0 Å². The summed E-state index contributed by atoms with van der Waals surface area (Å²) in [5.74, 6) is -0.0463. The van der Waals surface area contributed by atoms with E-state index in [1.807, 2.05) is 12.1 Å². The summed E-state index contributed by atoms with van der Waals surface area (Å²) in [4.78, 5) is 12.5. The van der Waals surface area contributed by atoms with Crippen LogP contribution in [0.2, 0.25) is 0 Å². The maximum Gasteiger partial charge on any atom is 0.339 e. The molecule has 0 saturated heterocycles. The molecule has 0 aliphatic carbocycles. The van der Waals surface area contributed by atoms with Gasteiger partial charge in [0.25, 0.3) is 0 Å². The lowest BCUT2D eigenvalue weighted by molar-refractivity contribution is -0.231. The number of phenols is 2. The average molecular weight is 264 g/mol. The molecular weight excluding hydrogens is 248 g/mol. The molecule has 19 heavy (non-hydrogen) atoms. The van der Waals surface area contributed by atoms with E-state index < -0.39 is 5.97 Å². The van der Waals surface area contributed by atoms with E-state index in [0.29, 0.717) is 11.5 Å². The third-order valence-electron chi connectivity index (χ3n) is 1.64. The smallest absolute Gasteiger partial charge is 0.339 e. The van der Waals surface area contributed by atoms with Gasteiger partial charge in [0.15, 0.2) is 0 Å². The van der Waals surface area contributed by atoms with Crippen LogP contribution in [0.15, 0.2) is 60.7 Å². The van der Waals surface area contributed by atoms with Gasteiger partial charge in [-0.15, -0.1) is 0 Å². The summed E-state index contributed by atoms with van der Waals surface area (Å²) in [7, 11) is 0. The zero-order chi connectivity index (χ0) is 14.5. The first kappa shape index (κ1) is 16.5. The third-order valence-corrected chi connectivity index (χ3v) is 1.64. The van der Waals surface area contributed by atoms with Crippen molar-refractivity contribution in [3.8, 4) is 11.5 Å². The number of hydrogen-bond donors (Lipinski definition) is 3. The third kappa shape index (κ3) is 11.7. The molecule has 5 heteroatoms. The fourth-order valence-corrected chi connectivity index (χ4v) is 0.856. The summed E-state index contributed by atoms with van der Waals surface area (Å²) in [5.41, 5.74) is 0. The minimum absolute atomic E-state index is 0.322. The molecule has 0 radical (unpaired) electrons. The minimum atomic E-state index is -0.690. The number of phenolic OH excluding ortho intramolecular Hbond substituents is 2. The van der Waals surface area contributed by atoms with Crippen molar-refractivity contribution in [2.24, 2.45) is 0 Å². The van der Waals surface area contributed by atoms with Crippen molar-refractivity contribution in [3.05, 3.63) is 60.7 Å². The molecular formula is C14H16O5. The van der Waals surface area contributed by atoms with Crippen LogP contribution in [0, 0.1) is 0 Å². The summed E-state index contributed by atoms with van der Waals surface area (Å²) in [5, 5.41) is 24.6. The van der Waals surface area contributed by atoms with Crippen molar-refractivity contribution in [1.82, 2.24) is 0 Å². The molecule has 0 bridgehead atoms. The first-order chi connectivity index (χ1) is 9.06. The molecule has 0 amide bonds. The largest absolute Gasteiger partial charge is 0.508 e. The molecule has 0 saturated carbocycles. The molecule has 0 aromatic heterocycles. The van der Waals surface area contributed by atoms with Crippen LogP contribution in [-0.2, 0) is 9.68 Å². The number of rotatable bonds is 0. The summed E-state index contributed by atoms with van der Waals surface area (Å²) >= 11 is 0. The topological polar surface area (TPSA) is 87.0 Å². The molecule has 2 aromatic carbocycles. The summed E-state index contributed by atoms with van der Waals surface area (Å²) in [6.07, 6.45) is 0. The Kier molecular flexibility index (Phi) is 9.20. The average Bonchev–Trinajstić information content (AvgIpc) is 2.42. The summed E-state index contributed by atoms with van der Waals surface area (Å²) < 4.78 is 0. The summed E-state index contributed by atoms with van der Waals surface area (Å²) in [6, 6.07) is 17.4. The molecule has 0 fully saturated rings. The highest BCUT2D eigenvalue weighted by Gasteiger charge is 1.79. The van der Waals surface area contributed by atoms with Gasteiger partial charge >= 0.3 is 5.97 Å². The Labute approximate surface area is 111 Å². The zero-order valence-electron chi connectivity index (χ0n) is 10.4. The van der Waals surface area contributed by atoms with Crippen LogP contribution in [-0.4, -0.2) is 21.4 Å². The molecule has 102 valence electrons. The van der Waals surface area contributed by atoms with Gasteiger partial charge in [-0.05, 0) is 24.3 Å². The molecule has 2 aromatic rings. The van der Waals surface area contributed by atoms with Crippen LogP contribution in [0.1, 0.15) is 6.92 Å². The predicted molar refractivity (Wildman–Crippen MR) is 70.6 cm³/mol. The second-order valence-corrected chi connectivity index (χ2v) is 3.25. The first-order valence-electron chi connectivity index (χ1n) is 5.36. The molecule has 0 heterocycles. The van der Waals surface area contributed by atoms with Crippen LogP contribution in [0.4, 0.5) is 0 Å². The van der Waals surface area contributed by atoms with E-state index in [-0.39, 0.29) is 0 Å². The number of para-hydroxylation sites is 2. The van der Waals surface area contributed by atoms with E-state index >= 15 is 0 Å². The van der Waals surface area contributed by atoms with Gasteiger partial charge in [-0.2, -0.15) is 5.26 Å². The molecule has 0 aliphatic heterocycles.